The largest absolute Gasteiger partial charge is 0.335 e. The SMILES string of the molecule is C=C(F)c1nc(C)n(C(C)C)c1/C=C(\C)c1cc([N+]2(c3ncc(CN4CC5(CCN(C)CC5)C4)cn3)CC2)ncc1F. The van der Waals surface area contributed by atoms with Crippen LogP contribution < -0.4 is 4.48 Å². The number of piperidine rings is 1. The number of halogens is 2. The van der Waals surface area contributed by atoms with Gasteiger partial charge in [-0.1, -0.05) is 6.58 Å². The van der Waals surface area contributed by atoms with Crippen LogP contribution in [0.4, 0.5) is 20.5 Å². The Morgan fingerprint density at radius 1 is 1.12 bits per heavy atom. The van der Waals surface area contributed by atoms with Crippen molar-refractivity contribution in [2.24, 2.45) is 5.41 Å². The molecule has 3 fully saturated rings. The maximum absolute atomic E-state index is 15.2. The van der Waals surface area contributed by atoms with E-state index in [4.69, 9.17) is 9.97 Å². The van der Waals surface area contributed by atoms with Gasteiger partial charge in [-0.15, -0.1) is 0 Å². The van der Waals surface area contributed by atoms with E-state index in [-0.39, 0.29) is 11.7 Å². The average molecular weight is 576 g/mol. The lowest BCUT2D eigenvalue weighted by atomic mass is 9.72. The Morgan fingerprint density at radius 3 is 2.38 bits per heavy atom. The van der Waals surface area contributed by atoms with Crippen LogP contribution in [0.25, 0.3) is 17.5 Å². The van der Waals surface area contributed by atoms with Gasteiger partial charge < -0.3 is 9.47 Å². The molecule has 6 heterocycles. The number of likely N-dealkylation sites (tertiary alicyclic amines) is 2. The van der Waals surface area contributed by atoms with Crippen LogP contribution in [0.15, 0.2) is 31.2 Å². The molecule has 0 aromatic carbocycles. The predicted molar refractivity (Wildman–Crippen MR) is 163 cm³/mol. The van der Waals surface area contributed by atoms with E-state index in [0.29, 0.717) is 44.3 Å². The van der Waals surface area contributed by atoms with Crippen molar-refractivity contribution in [3.8, 4) is 0 Å². The summed E-state index contributed by atoms with van der Waals surface area (Å²) < 4.78 is 31.8. The predicted octanol–water partition coefficient (Wildman–Crippen LogP) is 5.78. The monoisotopic (exact) mass is 575 g/mol. The molecule has 0 amide bonds. The van der Waals surface area contributed by atoms with Crippen molar-refractivity contribution in [3.05, 3.63) is 65.4 Å². The van der Waals surface area contributed by atoms with E-state index in [1.807, 2.05) is 44.7 Å². The summed E-state index contributed by atoms with van der Waals surface area (Å²) >= 11 is 0. The maximum Gasteiger partial charge on any atom is 0.335 e. The van der Waals surface area contributed by atoms with Crippen molar-refractivity contribution in [2.45, 2.75) is 53.1 Å². The van der Waals surface area contributed by atoms with Crippen LogP contribution in [0.5, 0.6) is 0 Å². The van der Waals surface area contributed by atoms with Gasteiger partial charge in [-0.05, 0) is 77.7 Å². The molecule has 222 valence electrons. The first-order valence-corrected chi connectivity index (χ1v) is 14.9. The molecule has 0 N–H and O–H groups in total. The van der Waals surface area contributed by atoms with Gasteiger partial charge >= 0.3 is 5.95 Å². The summed E-state index contributed by atoms with van der Waals surface area (Å²) in [7, 11) is 2.21. The first-order chi connectivity index (χ1) is 20.0. The maximum atomic E-state index is 15.2. The number of hydrogen-bond donors (Lipinski definition) is 0. The van der Waals surface area contributed by atoms with E-state index < -0.39 is 11.6 Å². The number of pyridine rings is 1. The summed E-state index contributed by atoms with van der Waals surface area (Å²) in [5.74, 6) is 0.997. The van der Waals surface area contributed by atoms with Crippen LogP contribution in [-0.2, 0) is 6.54 Å². The Balaban J connectivity index is 1.21. The highest BCUT2D eigenvalue weighted by atomic mass is 19.1. The molecule has 0 radical (unpaired) electrons. The number of hydrogen-bond acceptors (Lipinski definition) is 6. The third kappa shape index (κ3) is 5.20. The van der Waals surface area contributed by atoms with Crippen LogP contribution in [0.2, 0.25) is 0 Å². The molecule has 3 saturated heterocycles. The zero-order chi connectivity index (χ0) is 29.8. The summed E-state index contributed by atoms with van der Waals surface area (Å²) in [4.78, 5) is 23.3. The van der Waals surface area contributed by atoms with Gasteiger partial charge in [0.2, 0.25) is 5.82 Å². The third-order valence-corrected chi connectivity index (χ3v) is 9.27. The summed E-state index contributed by atoms with van der Waals surface area (Å²) in [5.41, 5.74) is 3.41. The molecule has 0 atom stereocenters. The molecule has 42 heavy (non-hydrogen) atoms. The molecule has 3 aliphatic heterocycles. The molecule has 3 aromatic heterocycles. The van der Waals surface area contributed by atoms with E-state index in [9.17, 15) is 4.39 Å². The Kier molecular flexibility index (Phi) is 7.35. The van der Waals surface area contributed by atoms with Gasteiger partial charge in [0.05, 0.1) is 11.9 Å². The van der Waals surface area contributed by atoms with Crippen molar-refractivity contribution >= 4 is 29.2 Å². The fourth-order valence-corrected chi connectivity index (χ4v) is 6.76. The lowest BCUT2D eigenvalue weighted by molar-refractivity contribution is -0.0471. The van der Waals surface area contributed by atoms with Crippen LogP contribution in [-0.4, -0.2) is 80.6 Å². The summed E-state index contributed by atoms with van der Waals surface area (Å²) in [6, 6.07) is 1.82. The van der Waals surface area contributed by atoms with E-state index >= 15 is 4.39 Å². The van der Waals surface area contributed by atoms with E-state index in [0.717, 1.165) is 38.3 Å². The fraction of sp³-hybridized carbons (Fsp3) is 0.500. The summed E-state index contributed by atoms with van der Waals surface area (Å²) in [6.45, 7) is 18.3. The number of aryl methyl sites for hydroxylation is 1. The van der Waals surface area contributed by atoms with Crippen LogP contribution in [0, 0.1) is 18.2 Å². The van der Waals surface area contributed by atoms with Crippen molar-refractivity contribution in [3.63, 3.8) is 0 Å². The number of aromatic nitrogens is 5. The van der Waals surface area contributed by atoms with E-state index in [1.54, 1.807) is 12.1 Å². The van der Waals surface area contributed by atoms with Crippen molar-refractivity contribution < 1.29 is 8.78 Å². The number of rotatable bonds is 8. The highest BCUT2D eigenvalue weighted by Gasteiger charge is 2.51. The molecule has 10 heteroatoms. The minimum atomic E-state index is -0.614. The second-order valence-electron chi connectivity index (χ2n) is 12.9. The molecule has 0 saturated carbocycles. The molecule has 6 rings (SSSR count). The second-order valence-corrected chi connectivity index (χ2v) is 12.9. The van der Waals surface area contributed by atoms with Crippen molar-refractivity contribution in [1.82, 2.24) is 38.8 Å². The number of imidazole rings is 1. The minimum absolute atomic E-state index is 0.0468. The Hall–Kier alpha value is -3.34. The summed E-state index contributed by atoms with van der Waals surface area (Å²) in [5, 5.41) is 0. The first kappa shape index (κ1) is 28.8. The molecule has 3 aliphatic rings. The zero-order valence-electron chi connectivity index (χ0n) is 25.4. The smallest absolute Gasteiger partial charge is 0.326 e. The first-order valence-electron chi connectivity index (χ1n) is 14.9. The van der Waals surface area contributed by atoms with Crippen molar-refractivity contribution in [2.75, 3.05) is 46.3 Å². The number of allylic oxidation sites excluding steroid dienone is 1. The highest BCUT2D eigenvalue weighted by Crippen LogP contribution is 2.42. The lowest BCUT2D eigenvalue weighted by Crippen LogP contribution is -2.59. The van der Waals surface area contributed by atoms with Gasteiger partial charge in [0.15, 0.2) is 0 Å². The van der Waals surface area contributed by atoms with Gasteiger partial charge in [-0.2, -0.15) is 14.5 Å². The minimum Gasteiger partial charge on any atom is -0.326 e. The molecule has 1 spiro atoms. The van der Waals surface area contributed by atoms with Gasteiger partial charge in [0, 0.05) is 55.3 Å². The number of nitrogens with zero attached hydrogens (tertiary/aromatic N) is 8. The van der Waals surface area contributed by atoms with Crippen LogP contribution in [0.1, 0.15) is 68.0 Å². The standard InChI is InChI=1S/C32H41F2N8/c1-21(2)41-24(5)38-30(23(4)33)28(41)13-22(3)26-14-29(35-17-27(26)34)42(11-12-42)31-36-15-25(16-37-31)18-40-19-32(20-40)7-9-39(6)10-8-32/h13-17,21H,4,7-12,18-20H2,1-3,5-6H3/q+1/b22-13+. The van der Waals surface area contributed by atoms with Gasteiger partial charge in [-0.3, -0.25) is 4.90 Å². The van der Waals surface area contributed by atoms with E-state index in [1.165, 1.54) is 32.1 Å². The zero-order valence-corrected chi connectivity index (χ0v) is 25.4. The molecular formula is C32H41F2N8+. The lowest BCUT2D eigenvalue weighted by Gasteiger charge is -2.53. The molecule has 0 bridgehead atoms. The van der Waals surface area contributed by atoms with Gasteiger partial charge in [0.25, 0.3) is 0 Å². The topological polar surface area (TPSA) is 63.0 Å². The second kappa shape index (κ2) is 10.7. The number of quaternary nitrogens is 1. The van der Waals surface area contributed by atoms with Gasteiger partial charge in [-0.25, -0.2) is 18.7 Å². The Bertz CT molecular complexity index is 1520. The van der Waals surface area contributed by atoms with Crippen molar-refractivity contribution in [1.29, 1.82) is 0 Å². The molecule has 0 aliphatic carbocycles. The molecule has 3 aromatic rings. The Morgan fingerprint density at radius 2 is 1.79 bits per heavy atom. The summed E-state index contributed by atoms with van der Waals surface area (Å²) in [6.07, 6.45) is 9.46. The quantitative estimate of drug-likeness (QED) is 0.251. The Labute approximate surface area is 247 Å². The molecular weight excluding hydrogens is 534 g/mol. The van der Waals surface area contributed by atoms with Crippen LogP contribution in [0.3, 0.4) is 0 Å². The van der Waals surface area contributed by atoms with E-state index in [2.05, 4.69) is 33.4 Å². The molecule has 0 unspecified atom stereocenters. The van der Waals surface area contributed by atoms with Gasteiger partial charge in [0.1, 0.15) is 36.3 Å². The molecule has 8 nitrogen and oxygen atoms in total. The third-order valence-electron chi connectivity index (χ3n) is 9.27. The van der Waals surface area contributed by atoms with Crippen LogP contribution >= 0.6 is 0 Å². The average Bonchev–Trinajstić information content (AvgIpc) is 3.67. The highest BCUT2D eigenvalue weighted by molar-refractivity contribution is 5.83. The normalized spacial score (nSPS) is 20.2. The fourth-order valence-electron chi connectivity index (χ4n) is 6.76.